The van der Waals surface area contributed by atoms with Gasteiger partial charge in [-0.2, -0.15) is 0 Å². The van der Waals surface area contributed by atoms with Gasteiger partial charge in [0.1, 0.15) is 0 Å². The Morgan fingerprint density at radius 3 is 2.74 bits per heavy atom. The SMILES string of the molecule is CC.CC(=O)NCCc1c[nH]c2ccc(O)c(F)c12. The van der Waals surface area contributed by atoms with Crippen LogP contribution in [0.3, 0.4) is 0 Å². The molecule has 19 heavy (non-hydrogen) atoms. The number of aromatic hydroxyl groups is 1. The summed E-state index contributed by atoms with van der Waals surface area (Å²) in [5.41, 5.74) is 1.38. The largest absolute Gasteiger partial charge is 0.505 e. The van der Waals surface area contributed by atoms with Gasteiger partial charge in [0, 0.05) is 30.6 Å². The Morgan fingerprint density at radius 2 is 2.11 bits per heavy atom. The van der Waals surface area contributed by atoms with Crippen LogP contribution < -0.4 is 5.32 Å². The zero-order chi connectivity index (χ0) is 14.4. The van der Waals surface area contributed by atoms with E-state index < -0.39 is 5.82 Å². The smallest absolute Gasteiger partial charge is 0.216 e. The number of nitrogens with one attached hydrogen (secondary N) is 2. The van der Waals surface area contributed by atoms with E-state index in [0.717, 1.165) is 5.56 Å². The van der Waals surface area contributed by atoms with E-state index in [2.05, 4.69) is 10.3 Å². The fourth-order valence-corrected chi connectivity index (χ4v) is 1.81. The molecular weight excluding hydrogens is 247 g/mol. The second kappa shape index (κ2) is 6.78. The van der Waals surface area contributed by atoms with Gasteiger partial charge in [0.15, 0.2) is 11.6 Å². The third-order valence-electron chi connectivity index (χ3n) is 2.61. The first-order valence-electron chi connectivity index (χ1n) is 6.31. The minimum atomic E-state index is -0.624. The normalized spacial score (nSPS) is 9.89. The standard InChI is InChI=1S/C12H13FN2O2.C2H6/c1-7(16)14-5-4-8-6-15-9-2-3-10(17)12(13)11(8)9;1-2/h2-3,6,15,17H,4-5H2,1H3,(H,14,16);1-2H3. The molecule has 0 aliphatic carbocycles. The van der Waals surface area contributed by atoms with E-state index in [-0.39, 0.29) is 11.7 Å². The summed E-state index contributed by atoms with van der Waals surface area (Å²) < 4.78 is 13.7. The fourth-order valence-electron chi connectivity index (χ4n) is 1.81. The number of H-pyrrole nitrogens is 1. The molecule has 0 atom stereocenters. The fraction of sp³-hybridized carbons (Fsp3) is 0.357. The minimum absolute atomic E-state index is 0.117. The summed E-state index contributed by atoms with van der Waals surface area (Å²) in [6.07, 6.45) is 2.20. The summed E-state index contributed by atoms with van der Waals surface area (Å²) in [4.78, 5) is 13.7. The third-order valence-corrected chi connectivity index (χ3v) is 2.61. The minimum Gasteiger partial charge on any atom is -0.505 e. The Balaban J connectivity index is 0.000000861. The first-order valence-corrected chi connectivity index (χ1v) is 6.31. The number of phenols is 1. The van der Waals surface area contributed by atoms with E-state index in [1.165, 1.54) is 13.0 Å². The van der Waals surface area contributed by atoms with Crippen molar-refractivity contribution < 1.29 is 14.3 Å². The van der Waals surface area contributed by atoms with Crippen LogP contribution >= 0.6 is 0 Å². The Labute approximate surface area is 111 Å². The number of halogens is 1. The first kappa shape index (κ1) is 15.0. The van der Waals surface area contributed by atoms with Crippen LogP contribution in [0.25, 0.3) is 10.9 Å². The predicted molar refractivity (Wildman–Crippen MR) is 73.7 cm³/mol. The highest BCUT2D eigenvalue weighted by atomic mass is 19.1. The van der Waals surface area contributed by atoms with Crippen molar-refractivity contribution in [3.8, 4) is 5.75 Å². The Hall–Kier alpha value is -2.04. The molecule has 104 valence electrons. The maximum atomic E-state index is 13.7. The van der Waals surface area contributed by atoms with Gasteiger partial charge < -0.3 is 15.4 Å². The molecule has 1 aromatic carbocycles. The van der Waals surface area contributed by atoms with Crippen molar-refractivity contribution in [2.45, 2.75) is 27.2 Å². The van der Waals surface area contributed by atoms with Crippen LogP contribution in [0.4, 0.5) is 4.39 Å². The van der Waals surface area contributed by atoms with Gasteiger partial charge >= 0.3 is 0 Å². The molecule has 0 fully saturated rings. The van der Waals surface area contributed by atoms with E-state index in [1.807, 2.05) is 13.8 Å². The van der Waals surface area contributed by atoms with Gasteiger partial charge in [0.2, 0.25) is 5.91 Å². The highest BCUT2D eigenvalue weighted by molar-refractivity contribution is 5.85. The number of aromatic amines is 1. The van der Waals surface area contributed by atoms with Crippen molar-refractivity contribution in [2.24, 2.45) is 0 Å². The molecule has 0 spiro atoms. The molecule has 0 bridgehead atoms. The highest BCUT2D eigenvalue weighted by Gasteiger charge is 2.12. The second-order valence-electron chi connectivity index (χ2n) is 3.87. The van der Waals surface area contributed by atoms with Crippen molar-refractivity contribution in [2.75, 3.05) is 6.54 Å². The maximum absolute atomic E-state index is 13.7. The van der Waals surface area contributed by atoms with Crippen LogP contribution in [0.5, 0.6) is 5.75 Å². The van der Waals surface area contributed by atoms with Crippen molar-refractivity contribution in [3.63, 3.8) is 0 Å². The average molecular weight is 266 g/mol. The van der Waals surface area contributed by atoms with E-state index in [9.17, 15) is 14.3 Å². The molecule has 1 heterocycles. The molecular formula is C14H19FN2O2. The predicted octanol–water partition coefficient (Wildman–Crippen LogP) is 2.72. The van der Waals surface area contributed by atoms with Crippen LogP contribution in [0.1, 0.15) is 26.3 Å². The van der Waals surface area contributed by atoms with Crippen LogP contribution in [-0.2, 0) is 11.2 Å². The molecule has 5 heteroatoms. The lowest BCUT2D eigenvalue weighted by Gasteiger charge is -2.02. The first-order chi connectivity index (χ1) is 9.09. The summed E-state index contributed by atoms with van der Waals surface area (Å²) >= 11 is 0. The molecule has 0 saturated heterocycles. The topological polar surface area (TPSA) is 65.1 Å². The average Bonchev–Trinajstić information content (AvgIpc) is 2.80. The number of carbonyl (C=O) groups excluding carboxylic acids is 1. The molecule has 0 aliphatic rings. The third kappa shape index (κ3) is 3.47. The van der Waals surface area contributed by atoms with Crippen molar-refractivity contribution in [1.82, 2.24) is 10.3 Å². The van der Waals surface area contributed by atoms with E-state index in [4.69, 9.17) is 0 Å². The molecule has 2 rings (SSSR count). The Morgan fingerprint density at radius 1 is 1.42 bits per heavy atom. The molecule has 3 N–H and O–H groups in total. The van der Waals surface area contributed by atoms with Crippen molar-refractivity contribution in [1.29, 1.82) is 0 Å². The molecule has 1 aromatic heterocycles. The molecule has 2 aromatic rings. The number of fused-ring (bicyclic) bond motifs is 1. The van der Waals surface area contributed by atoms with Crippen LogP contribution in [0, 0.1) is 5.82 Å². The van der Waals surface area contributed by atoms with Gasteiger partial charge in [-0.1, -0.05) is 13.8 Å². The van der Waals surface area contributed by atoms with Gasteiger partial charge in [0.05, 0.1) is 0 Å². The van der Waals surface area contributed by atoms with Gasteiger partial charge in [-0.3, -0.25) is 4.79 Å². The van der Waals surface area contributed by atoms with Crippen LogP contribution in [0.2, 0.25) is 0 Å². The summed E-state index contributed by atoms with van der Waals surface area (Å²) in [5.74, 6) is -1.10. The van der Waals surface area contributed by atoms with Crippen LogP contribution in [0.15, 0.2) is 18.3 Å². The maximum Gasteiger partial charge on any atom is 0.216 e. The summed E-state index contributed by atoms with van der Waals surface area (Å²) in [6, 6.07) is 2.93. The number of hydrogen-bond acceptors (Lipinski definition) is 2. The highest BCUT2D eigenvalue weighted by Crippen LogP contribution is 2.27. The second-order valence-corrected chi connectivity index (χ2v) is 3.87. The van der Waals surface area contributed by atoms with Crippen molar-refractivity contribution in [3.05, 3.63) is 29.7 Å². The lowest BCUT2D eigenvalue weighted by molar-refractivity contribution is -0.118. The molecule has 0 unspecified atom stereocenters. The Bertz CT molecular complexity index is 564. The number of amides is 1. The van der Waals surface area contributed by atoms with Gasteiger partial charge in [0.25, 0.3) is 0 Å². The quantitative estimate of drug-likeness (QED) is 0.799. The molecule has 0 radical (unpaired) electrons. The Kier molecular flexibility index (Phi) is 5.36. The summed E-state index contributed by atoms with van der Waals surface area (Å²) in [5, 5.41) is 12.3. The lowest BCUT2D eigenvalue weighted by atomic mass is 10.1. The van der Waals surface area contributed by atoms with Gasteiger partial charge in [-0.25, -0.2) is 4.39 Å². The number of phenolic OH excluding ortho intramolecular Hbond substituents is 1. The van der Waals surface area contributed by atoms with E-state index in [1.54, 1.807) is 12.3 Å². The lowest BCUT2D eigenvalue weighted by Crippen LogP contribution is -2.22. The molecule has 0 saturated carbocycles. The molecule has 0 aliphatic heterocycles. The monoisotopic (exact) mass is 266 g/mol. The number of hydrogen-bond donors (Lipinski definition) is 3. The number of carbonyl (C=O) groups is 1. The number of aromatic nitrogens is 1. The summed E-state index contributed by atoms with van der Waals surface area (Å²) in [6.45, 7) is 5.87. The zero-order valence-corrected chi connectivity index (χ0v) is 11.4. The van der Waals surface area contributed by atoms with Crippen LogP contribution in [-0.4, -0.2) is 22.5 Å². The van der Waals surface area contributed by atoms with E-state index in [0.29, 0.717) is 23.9 Å². The zero-order valence-electron chi connectivity index (χ0n) is 11.4. The van der Waals surface area contributed by atoms with E-state index >= 15 is 0 Å². The number of benzene rings is 1. The number of rotatable bonds is 3. The molecule has 4 nitrogen and oxygen atoms in total. The summed E-state index contributed by atoms with van der Waals surface area (Å²) in [7, 11) is 0. The van der Waals surface area contributed by atoms with Gasteiger partial charge in [-0.05, 0) is 24.1 Å². The van der Waals surface area contributed by atoms with Crippen molar-refractivity contribution >= 4 is 16.8 Å². The van der Waals surface area contributed by atoms with Gasteiger partial charge in [-0.15, -0.1) is 0 Å². The molecule has 1 amide bonds.